The van der Waals surface area contributed by atoms with E-state index in [1.54, 1.807) is 0 Å². The van der Waals surface area contributed by atoms with Crippen molar-refractivity contribution in [3.05, 3.63) is 23.2 Å². The van der Waals surface area contributed by atoms with Crippen molar-refractivity contribution >= 4 is 11.8 Å². The monoisotopic (exact) mass is 296 g/mol. The molecule has 0 aliphatic carbocycles. The predicted octanol–water partition coefficient (Wildman–Crippen LogP) is 1.30. The summed E-state index contributed by atoms with van der Waals surface area (Å²) in [5, 5.41) is 5.50. The van der Waals surface area contributed by atoms with Gasteiger partial charge < -0.3 is 19.8 Å². The second kappa shape index (κ2) is 7.83. The molecule has 1 rings (SSSR count). The van der Waals surface area contributed by atoms with Gasteiger partial charge >= 0.3 is 0 Å². The van der Waals surface area contributed by atoms with Gasteiger partial charge in [0.2, 0.25) is 11.8 Å². The van der Waals surface area contributed by atoms with Crippen molar-refractivity contribution < 1.29 is 18.7 Å². The van der Waals surface area contributed by atoms with Crippen LogP contribution in [0.2, 0.25) is 0 Å². The van der Waals surface area contributed by atoms with Gasteiger partial charge in [-0.25, -0.2) is 0 Å². The van der Waals surface area contributed by atoms with Gasteiger partial charge in [0.1, 0.15) is 24.2 Å². The first-order chi connectivity index (χ1) is 9.85. The first-order valence-corrected chi connectivity index (χ1v) is 6.97. The highest BCUT2D eigenvalue weighted by molar-refractivity contribution is 5.88. The lowest BCUT2D eigenvalue weighted by atomic mass is 10.0. The summed E-state index contributed by atoms with van der Waals surface area (Å²) in [6.07, 6.45) is 0. The highest BCUT2D eigenvalue weighted by Crippen LogP contribution is 2.13. The summed E-state index contributed by atoms with van der Waals surface area (Å²) in [4.78, 5) is 23.8. The van der Waals surface area contributed by atoms with E-state index in [0.29, 0.717) is 6.54 Å². The van der Waals surface area contributed by atoms with Crippen molar-refractivity contribution in [1.82, 2.24) is 10.6 Å². The molecule has 1 aromatic heterocycles. The van der Waals surface area contributed by atoms with Crippen molar-refractivity contribution in [2.45, 2.75) is 40.3 Å². The minimum atomic E-state index is -0.582. The van der Waals surface area contributed by atoms with Crippen LogP contribution in [-0.4, -0.2) is 31.6 Å². The van der Waals surface area contributed by atoms with Gasteiger partial charge in [0.15, 0.2) is 0 Å². The molecule has 2 N–H and O–H groups in total. The smallest absolute Gasteiger partial charge is 0.246 e. The average Bonchev–Trinajstić information content (AvgIpc) is 2.71. The van der Waals surface area contributed by atoms with Gasteiger partial charge in [-0.15, -0.1) is 0 Å². The van der Waals surface area contributed by atoms with Crippen LogP contribution in [0.4, 0.5) is 0 Å². The highest BCUT2D eigenvalue weighted by atomic mass is 16.5. The lowest BCUT2D eigenvalue weighted by Gasteiger charge is -2.21. The summed E-state index contributed by atoms with van der Waals surface area (Å²) in [6.45, 7) is 7.80. The summed E-state index contributed by atoms with van der Waals surface area (Å²) in [6, 6.07) is 1.31. The first kappa shape index (κ1) is 17.2. The van der Waals surface area contributed by atoms with Crippen molar-refractivity contribution in [3.8, 4) is 0 Å². The molecule has 0 fully saturated rings. The second-order valence-corrected chi connectivity index (χ2v) is 5.38. The third-order valence-electron chi connectivity index (χ3n) is 3.14. The van der Waals surface area contributed by atoms with E-state index in [0.717, 1.165) is 17.1 Å². The van der Waals surface area contributed by atoms with Crippen LogP contribution in [0.15, 0.2) is 10.5 Å². The van der Waals surface area contributed by atoms with Crippen LogP contribution in [0, 0.1) is 19.8 Å². The fraction of sp³-hybridized carbons (Fsp3) is 0.600. The van der Waals surface area contributed by atoms with E-state index >= 15 is 0 Å². The summed E-state index contributed by atoms with van der Waals surface area (Å²) in [5.41, 5.74) is 0.937. The molecule has 0 saturated heterocycles. The molecule has 0 aliphatic rings. The van der Waals surface area contributed by atoms with Crippen molar-refractivity contribution in [1.29, 1.82) is 0 Å². The molecule has 0 saturated carbocycles. The zero-order chi connectivity index (χ0) is 16.0. The fourth-order valence-electron chi connectivity index (χ4n) is 2.03. The predicted molar refractivity (Wildman–Crippen MR) is 78.7 cm³/mol. The molecule has 118 valence electrons. The number of methoxy groups -OCH3 is 1. The van der Waals surface area contributed by atoms with Crippen LogP contribution in [0.5, 0.6) is 0 Å². The third-order valence-corrected chi connectivity index (χ3v) is 3.14. The Balaban J connectivity index is 2.61. The number of amides is 2. The summed E-state index contributed by atoms with van der Waals surface area (Å²) >= 11 is 0. The molecule has 1 heterocycles. The zero-order valence-corrected chi connectivity index (χ0v) is 13.3. The van der Waals surface area contributed by atoms with Crippen molar-refractivity contribution in [2.75, 3.05) is 13.7 Å². The molecule has 1 aromatic rings. The Morgan fingerprint density at radius 3 is 2.48 bits per heavy atom. The Morgan fingerprint density at radius 1 is 1.33 bits per heavy atom. The number of carbonyl (C=O) groups is 2. The number of hydrogen-bond donors (Lipinski definition) is 2. The molecule has 6 heteroatoms. The van der Waals surface area contributed by atoms with Gasteiger partial charge in [0.05, 0.1) is 0 Å². The van der Waals surface area contributed by atoms with Crippen LogP contribution in [-0.2, 0) is 20.9 Å². The van der Waals surface area contributed by atoms with Crippen LogP contribution < -0.4 is 10.6 Å². The van der Waals surface area contributed by atoms with E-state index in [1.807, 2.05) is 33.8 Å². The Bertz CT molecular complexity index is 494. The van der Waals surface area contributed by atoms with E-state index < -0.39 is 6.04 Å². The molecule has 0 unspecified atom stereocenters. The Labute approximate surface area is 125 Å². The normalized spacial score (nSPS) is 12.3. The summed E-state index contributed by atoms with van der Waals surface area (Å²) in [7, 11) is 1.44. The van der Waals surface area contributed by atoms with E-state index in [9.17, 15) is 9.59 Å². The van der Waals surface area contributed by atoms with Gasteiger partial charge in [-0.3, -0.25) is 9.59 Å². The number of rotatable bonds is 7. The minimum Gasteiger partial charge on any atom is -0.466 e. The third kappa shape index (κ3) is 5.23. The highest BCUT2D eigenvalue weighted by Gasteiger charge is 2.24. The lowest BCUT2D eigenvalue weighted by Crippen LogP contribution is -2.50. The quantitative estimate of drug-likeness (QED) is 0.795. The molecular formula is C15H24N2O4. The lowest BCUT2D eigenvalue weighted by molar-refractivity contribution is -0.132. The minimum absolute atomic E-state index is 0.0158. The molecule has 0 radical (unpaired) electrons. The largest absolute Gasteiger partial charge is 0.466 e. The second-order valence-electron chi connectivity index (χ2n) is 5.38. The van der Waals surface area contributed by atoms with E-state index in [4.69, 9.17) is 9.15 Å². The van der Waals surface area contributed by atoms with Crippen LogP contribution in [0.1, 0.15) is 30.9 Å². The van der Waals surface area contributed by atoms with Gasteiger partial charge in [-0.2, -0.15) is 0 Å². The number of aryl methyl sites for hydroxylation is 2. The molecule has 0 bridgehead atoms. The Hall–Kier alpha value is -1.82. The molecule has 1 atom stereocenters. The molecule has 6 nitrogen and oxygen atoms in total. The maximum atomic E-state index is 12.2. The number of ether oxygens (including phenoxy) is 1. The fourth-order valence-corrected chi connectivity index (χ4v) is 2.03. The van der Waals surface area contributed by atoms with Gasteiger partial charge in [-0.05, 0) is 25.8 Å². The van der Waals surface area contributed by atoms with Crippen LogP contribution in [0.3, 0.4) is 0 Å². The van der Waals surface area contributed by atoms with E-state index in [2.05, 4.69) is 10.6 Å². The number of hydrogen-bond acceptors (Lipinski definition) is 4. The number of carbonyl (C=O) groups excluding carboxylic acids is 2. The topological polar surface area (TPSA) is 80.6 Å². The van der Waals surface area contributed by atoms with Gasteiger partial charge in [0, 0.05) is 19.2 Å². The van der Waals surface area contributed by atoms with Crippen molar-refractivity contribution in [3.63, 3.8) is 0 Å². The number of nitrogens with one attached hydrogen (secondary N) is 2. The van der Waals surface area contributed by atoms with Gasteiger partial charge in [0.25, 0.3) is 0 Å². The maximum absolute atomic E-state index is 12.2. The molecular weight excluding hydrogens is 272 g/mol. The number of furan rings is 1. The van der Waals surface area contributed by atoms with E-state index in [1.165, 1.54) is 7.11 Å². The Kier molecular flexibility index (Phi) is 6.42. The van der Waals surface area contributed by atoms with E-state index in [-0.39, 0.29) is 24.3 Å². The Morgan fingerprint density at radius 2 is 2.00 bits per heavy atom. The van der Waals surface area contributed by atoms with Crippen molar-refractivity contribution in [2.24, 2.45) is 5.92 Å². The van der Waals surface area contributed by atoms with Crippen LogP contribution in [0.25, 0.3) is 0 Å². The molecule has 21 heavy (non-hydrogen) atoms. The molecule has 0 aromatic carbocycles. The SMILES string of the molecule is COCC(=O)N[C@H](C(=O)NCc1cc(C)oc1C)C(C)C. The first-order valence-electron chi connectivity index (χ1n) is 6.97. The van der Waals surface area contributed by atoms with Crippen LogP contribution >= 0.6 is 0 Å². The molecule has 0 spiro atoms. The maximum Gasteiger partial charge on any atom is 0.246 e. The summed E-state index contributed by atoms with van der Waals surface area (Å²) in [5.74, 6) is 1.07. The molecule has 0 aliphatic heterocycles. The standard InChI is InChI=1S/C15H24N2O4/c1-9(2)14(17-13(18)8-20-5)15(19)16-7-12-6-10(3)21-11(12)4/h6,9,14H,7-8H2,1-5H3,(H,16,19)(H,17,18)/t14-/m0/s1. The zero-order valence-electron chi connectivity index (χ0n) is 13.3. The summed E-state index contributed by atoms with van der Waals surface area (Å²) < 4.78 is 10.2. The average molecular weight is 296 g/mol. The molecule has 2 amide bonds. The van der Waals surface area contributed by atoms with Gasteiger partial charge in [-0.1, -0.05) is 13.8 Å².